The average molecular weight is 362 g/mol. The summed E-state index contributed by atoms with van der Waals surface area (Å²) in [5.41, 5.74) is 0.591. The summed E-state index contributed by atoms with van der Waals surface area (Å²) in [6, 6.07) is 14.8. The number of nitriles is 1. The standard InChI is InChI=1S/C20H14N2O5/c21-11-15(19(23)22-12-17-5-2-8-26-17)10-16-6-7-18(27-16)13-3-1-4-14(9-13)20(24)25/h1-10H,12H2,(H,22,23)(H,24,25). The van der Waals surface area contributed by atoms with Crippen LogP contribution in [0.2, 0.25) is 0 Å². The number of aromatic carboxylic acids is 1. The quantitative estimate of drug-likeness (QED) is 0.512. The Kier molecular flexibility index (Phi) is 5.19. The summed E-state index contributed by atoms with van der Waals surface area (Å²) in [6.45, 7) is 0.163. The van der Waals surface area contributed by atoms with E-state index in [0.717, 1.165) is 0 Å². The molecule has 7 heteroatoms. The molecule has 1 aromatic carbocycles. The highest BCUT2D eigenvalue weighted by molar-refractivity contribution is 6.01. The molecule has 0 aliphatic carbocycles. The third kappa shape index (κ3) is 4.32. The number of carbonyl (C=O) groups is 2. The van der Waals surface area contributed by atoms with Crippen molar-refractivity contribution in [2.75, 3.05) is 0 Å². The van der Waals surface area contributed by atoms with E-state index < -0.39 is 11.9 Å². The SMILES string of the molecule is N#CC(=Cc1ccc(-c2cccc(C(=O)O)c2)o1)C(=O)NCc1ccco1. The number of benzene rings is 1. The first-order valence-electron chi connectivity index (χ1n) is 7.93. The first-order valence-corrected chi connectivity index (χ1v) is 7.93. The van der Waals surface area contributed by atoms with Gasteiger partial charge in [-0.05, 0) is 36.4 Å². The van der Waals surface area contributed by atoms with Crippen molar-refractivity contribution in [2.45, 2.75) is 6.54 Å². The predicted octanol–water partition coefficient (Wildman–Crippen LogP) is 3.46. The second kappa shape index (κ2) is 7.89. The van der Waals surface area contributed by atoms with E-state index in [1.807, 2.05) is 6.07 Å². The molecule has 2 N–H and O–H groups in total. The molecule has 3 aromatic rings. The van der Waals surface area contributed by atoms with Gasteiger partial charge in [-0.15, -0.1) is 0 Å². The van der Waals surface area contributed by atoms with E-state index >= 15 is 0 Å². The maximum atomic E-state index is 12.1. The Morgan fingerprint density at radius 1 is 1.19 bits per heavy atom. The smallest absolute Gasteiger partial charge is 0.335 e. The normalized spacial score (nSPS) is 11.0. The van der Waals surface area contributed by atoms with Crippen molar-refractivity contribution in [1.29, 1.82) is 5.26 Å². The summed E-state index contributed by atoms with van der Waals surface area (Å²) >= 11 is 0. The van der Waals surface area contributed by atoms with Gasteiger partial charge < -0.3 is 19.3 Å². The zero-order chi connectivity index (χ0) is 19.2. The van der Waals surface area contributed by atoms with E-state index in [4.69, 9.17) is 13.9 Å². The van der Waals surface area contributed by atoms with Crippen LogP contribution in [0.5, 0.6) is 0 Å². The largest absolute Gasteiger partial charge is 0.478 e. The Balaban J connectivity index is 1.76. The van der Waals surface area contributed by atoms with Crippen molar-refractivity contribution in [1.82, 2.24) is 5.32 Å². The third-order valence-corrected chi connectivity index (χ3v) is 3.68. The topological polar surface area (TPSA) is 116 Å². The molecule has 2 heterocycles. The molecule has 0 saturated heterocycles. The maximum absolute atomic E-state index is 12.1. The molecule has 1 amide bonds. The molecule has 0 aliphatic rings. The molecule has 0 fully saturated rings. The molecule has 134 valence electrons. The molecule has 0 atom stereocenters. The molecule has 0 aliphatic heterocycles. The Morgan fingerprint density at radius 2 is 2.04 bits per heavy atom. The summed E-state index contributed by atoms with van der Waals surface area (Å²) < 4.78 is 10.7. The first-order chi connectivity index (χ1) is 13.1. The second-order valence-electron chi connectivity index (χ2n) is 5.52. The molecular formula is C20H14N2O5. The minimum Gasteiger partial charge on any atom is -0.478 e. The average Bonchev–Trinajstić information content (AvgIpc) is 3.36. The van der Waals surface area contributed by atoms with Gasteiger partial charge in [0.25, 0.3) is 5.91 Å². The van der Waals surface area contributed by atoms with Crippen LogP contribution in [-0.4, -0.2) is 17.0 Å². The van der Waals surface area contributed by atoms with Gasteiger partial charge in [-0.3, -0.25) is 4.79 Å². The highest BCUT2D eigenvalue weighted by Crippen LogP contribution is 2.24. The molecule has 0 unspecified atom stereocenters. The highest BCUT2D eigenvalue weighted by atomic mass is 16.4. The lowest BCUT2D eigenvalue weighted by molar-refractivity contribution is -0.117. The van der Waals surface area contributed by atoms with Gasteiger partial charge in [0.1, 0.15) is 28.9 Å². The fraction of sp³-hybridized carbons (Fsp3) is 0.0500. The highest BCUT2D eigenvalue weighted by Gasteiger charge is 2.12. The van der Waals surface area contributed by atoms with Crippen LogP contribution in [0, 0.1) is 11.3 Å². The second-order valence-corrected chi connectivity index (χ2v) is 5.52. The number of furan rings is 2. The van der Waals surface area contributed by atoms with Gasteiger partial charge in [0.05, 0.1) is 18.4 Å². The van der Waals surface area contributed by atoms with Crippen LogP contribution in [-0.2, 0) is 11.3 Å². The van der Waals surface area contributed by atoms with Crippen molar-refractivity contribution in [3.63, 3.8) is 0 Å². The number of hydrogen-bond acceptors (Lipinski definition) is 5. The number of carboxylic acids is 1. The van der Waals surface area contributed by atoms with Crippen molar-refractivity contribution < 1.29 is 23.5 Å². The first kappa shape index (κ1) is 17.8. The number of hydrogen-bond donors (Lipinski definition) is 2. The lowest BCUT2D eigenvalue weighted by Gasteiger charge is -2.01. The molecule has 0 bridgehead atoms. The lowest BCUT2D eigenvalue weighted by atomic mass is 10.1. The fourth-order valence-corrected chi connectivity index (χ4v) is 2.36. The van der Waals surface area contributed by atoms with Gasteiger partial charge in [0, 0.05) is 11.6 Å². The van der Waals surface area contributed by atoms with E-state index in [2.05, 4.69) is 5.32 Å². The Labute approximate surface area is 154 Å². The maximum Gasteiger partial charge on any atom is 0.335 e. The van der Waals surface area contributed by atoms with E-state index in [0.29, 0.717) is 22.8 Å². The molecule has 7 nitrogen and oxygen atoms in total. The monoisotopic (exact) mass is 362 g/mol. The summed E-state index contributed by atoms with van der Waals surface area (Å²) in [6.07, 6.45) is 2.81. The van der Waals surface area contributed by atoms with Crippen LogP contribution in [0.25, 0.3) is 17.4 Å². The summed E-state index contributed by atoms with van der Waals surface area (Å²) in [7, 11) is 0. The van der Waals surface area contributed by atoms with Crippen molar-refractivity contribution in [3.8, 4) is 17.4 Å². The molecule has 0 saturated carbocycles. The van der Waals surface area contributed by atoms with Gasteiger partial charge in [-0.25, -0.2) is 4.79 Å². The van der Waals surface area contributed by atoms with E-state index in [1.165, 1.54) is 24.5 Å². The fourth-order valence-electron chi connectivity index (χ4n) is 2.36. The summed E-state index contributed by atoms with van der Waals surface area (Å²) in [5, 5.41) is 20.9. The van der Waals surface area contributed by atoms with Crippen LogP contribution in [0.4, 0.5) is 0 Å². The van der Waals surface area contributed by atoms with E-state index in [1.54, 1.807) is 36.4 Å². The molecule has 27 heavy (non-hydrogen) atoms. The summed E-state index contributed by atoms with van der Waals surface area (Å²) in [4.78, 5) is 23.2. The van der Waals surface area contributed by atoms with Crippen LogP contribution in [0.3, 0.4) is 0 Å². The van der Waals surface area contributed by atoms with Crippen LogP contribution in [0.1, 0.15) is 21.9 Å². The predicted molar refractivity (Wildman–Crippen MR) is 95.2 cm³/mol. The molecular weight excluding hydrogens is 348 g/mol. The Morgan fingerprint density at radius 3 is 2.74 bits per heavy atom. The van der Waals surface area contributed by atoms with Gasteiger partial charge >= 0.3 is 5.97 Å². The van der Waals surface area contributed by atoms with Gasteiger partial charge in [-0.2, -0.15) is 5.26 Å². The minimum atomic E-state index is -1.04. The number of nitrogens with zero attached hydrogens (tertiary/aromatic N) is 1. The number of nitrogens with one attached hydrogen (secondary N) is 1. The van der Waals surface area contributed by atoms with Crippen molar-refractivity contribution in [2.24, 2.45) is 0 Å². The molecule has 0 radical (unpaired) electrons. The number of amides is 1. The van der Waals surface area contributed by atoms with Crippen LogP contribution < -0.4 is 5.32 Å². The van der Waals surface area contributed by atoms with Crippen molar-refractivity contribution in [3.05, 3.63) is 77.5 Å². The minimum absolute atomic E-state index is 0.123. The zero-order valence-electron chi connectivity index (χ0n) is 14.0. The molecule has 3 rings (SSSR count). The number of carbonyl (C=O) groups excluding carboxylic acids is 1. The van der Waals surface area contributed by atoms with Gasteiger partial charge in [0.2, 0.25) is 0 Å². The summed E-state index contributed by atoms with van der Waals surface area (Å²) in [5.74, 6) is -0.296. The molecule has 0 spiro atoms. The third-order valence-electron chi connectivity index (χ3n) is 3.68. The molecule has 2 aromatic heterocycles. The van der Waals surface area contributed by atoms with Gasteiger partial charge in [0.15, 0.2) is 0 Å². The van der Waals surface area contributed by atoms with Crippen LogP contribution in [0.15, 0.2) is 69.2 Å². The Hall–Kier alpha value is -4.05. The van der Waals surface area contributed by atoms with E-state index in [-0.39, 0.29) is 17.7 Å². The van der Waals surface area contributed by atoms with E-state index in [9.17, 15) is 14.9 Å². The number of rotatable bonds is 6. The Bertz CT molecular complexity index is 1040. The van der Waals surface area contributed by atoms with Gasteiger partial charge in [-0.1, -0.05) is 12.1 Å². The zero-order valence-corrected chi connectivity index (χ0v) is 14.0. The van der Waals surface area contributed by atoms with Crippen LogP contribution >= 0.6 is 0 Å². The lowest BCUT2D eigenvalue weighted by Crippen LogP contribution is -2.23. The van der Waals surface area contributed by atoms with Crippen molar-refractivity contribution >= 4 is 18.0 Å². The number of carboxylic acid groups (broad SMARTS) is 1.